The molecule has 1 atom stereocenters. The van der Waals surface area contributed by atoms with Crippen LogP contribution < -0.4 is 0 Å². The van der Waals surface area contributed by atoms with Gasteiger partial charge in [0.15, 0.2) is 0 Å². The second-order valence-electron chi connectivity index (χ2n) is 4.03. The highest BCUT2D eigenvalue weighted by Gasteiger charge is 2.35. The van der Waals surface area contributed by atoms with E-state index in [2.05, 4.69) is 0 Å². The number of hydrogen-bond donors (Lipinski definition) is 0. The van der Waals surface area contributed by atoms with Crippen LogP contribution in [-0.4, -0.2) is 48.2 Å². The third-order valence-corrected chi connectivity index (χ3v) is 2.52. The van der Waals surface area contributed by atoms with Crippen LogP contribution in [0.15, 0.2) is 0 Å². The normalized spacial score (nSPS) is 21.0. The van der Waals surface area contributed by atoms with Gasteiger partial charge in [-0.2, -0.15) is 0 Å². The lowest BCUT2D eigenvalue weighted by Crippen LogP contribution is -2.34. The Hall–Kier alpha value is -1.39. The maximum Gasteiger partial charge on any atom is 0.232 e. The standard InChI is InChI=1S/C10H16N2O3/c1-7-6-9(14)12(10(7)15)5-4-8(13)11(2)3/h7H,4-6H2,1-3H3. The highest BCUT2D eigenvalue weighted by atomic mass is 16.2. The molecular weight excluding hydrogens is 196 g/mol. The number of amides is 3. The molecule has 0 aliphatic carbocycles. The van der Waals surface area contributed by atoms with Crippen LogP contribution in [0.2, 0.25) is 0 Å². The van der Waals surface area contributed by atoms with Gasteiger partial charge >= 0.3 is 0 Å². The van der Waals surface area contributed by atoms with E-state index >= 15 is 0 Å². The minimum absolute atomic E-state index is 0.0739. The second kappa shape index (κ2) is 4.42. The Morgan fingerprint density at radius 2 is 2.07 bits per heavy atom. The smallest absolute Gasteiger partial charge is 0.232 e. The fourth-order valence-corrected chi connectivity index (χ4v) is 1.51. The molecule has 1 aliphatic rings. The van der Waals surface area contributed by atoms with Crippen molar-refractivity contribution in [3.63, 3.8) is 0 Å². The molecule has 0 aromatic heterocycles. The third-order valence-electron chi connectivity index (χ3n) is 2.52. The van der Waals surface area contributed by atoms with Crippen molar-refractivity contribution in [2.75, 3.05) is 20.6 Å². The average Bonchev–Trinajstić information content (AvgIpc) is 2.38. The van der Waals surface area contributed by atoms with Crippen molar-refractivity contribution in [1.82, 2.24) is 9.80 Å². The third kappa shape index (κ3) is 2.55. The molecule has 1 rings (SSSR count). The van der Waals surface area contributed by atoms with Gasteiger partial charge in [0.05, 0.1) is 0 Å². The first-order valence-electron chi connectivity index (χ1n) is 4.98. The molecule has 5 nitrogen and oxygen atoms in total. The highest BCUT2D eigenvalue weighted by Crippen LogP contribution is 2.18. The first kappa shape index (κ1) is 11.7. The predicted octanol–water partition coefficient (Wildman–Crippen LogP) is -0.140. The molecule has 84 valence electrons. The Balaban J connectivity index is 2.49. The number of carbonyl (C=O) groups excluding carboxylic acids is 3. The molecular formula is C10H16N2O3. The van der Waals surface area contributed by atoms with Gasteiger partial charge in [-0.3, -0.25) is 19.3 Å². The van der Waals surface area contributed by atoms with Crippen LogP contribution in [-0.2, 0) is 14.4 Å². The number of rotatable bonds is 3. The molecule has 1 unspecified atom stereocenters. The molecule has 0 aromatic carbocycles. The molecule has 0 N–H and O–H groups in total. The first-order valence-corrected chi connectivity index (χ1v) is 4.98. The first-order chi connectivity index (χ1) is 6.93. The molecule has 0 radical (unpaired) electrons. The topological polar surface area (TPSA) is 57.7 Å². The van der Waals surface area contributed by atoms with E-state index in [1.165, 1.54) is 9.80 Å². The summed E-state index contributed by atoms with van der Waals surface area (Å²) >= 11 is 0. The minimum atomic E-state index is -0.230. The predicted molar refractivity (Wildman–Crippen MR) is 53.8 cm³/mol. The van der Waals surface area contributed by atoms with E-state index < -0.39 is 0 Å². The Kier molecular flexibility index (Phi) is 3.44. The SMILES string of the molecule is CC1CC(=O)N(CCC(=O)N(C)C)C1=O. The van der Waals surface area contributed by atoms with E-state index in [-0.39, 0.29) is 43.0 Å². The Bertz CT molecular complexity index is 299. The summed E-state index contributed by atoms with van der Waals surface area (Å²) in [6, 6.07) is 0. The molecule has 0 aromatic rings. The maximum absolute atomic E-state index is 11.5. The zero-order valence-electron chi connectivity index (χ0n) is 9.32. The van der Waals surface area contributed by atoms with E-state index in [1.807, 2.05) is 0 Å². The molecule has 15 heavy (non-hydrogen) atoms. The number of hydrogen-bond acceptors (Lipinski definition) is 3. The van der Waals surface area contributed by atoms with E-state index in [4.69, 9.17) is 0 Å². The molecule has 1 saturated heterocycles. The van der Waals surface area contributed by atoms with Crippen LogP contribution in [0, 0.1) is 5.92 Å². The van der Waals surface area contributed by atoms with Crippen molar-refractivity contribution in [3.05, 3.63) is 0 Å². The average molecular weight is 212 g/mol. The summed E-state index contributed by atoms with van der Waals surface area (Å²) in [4.78, 5) is 36.7. The summed E-state index contributed by atoms with van der Waals surface area (Å²) < 4.78 is 0. The summed E-state index contributed by atoms with van der Waals surface area (Å²) in [7, 11) is 3.30. The van der Waals surface area contributed by atoms with Gasteiger partial charge in [0.25, 0.3) is 0 Å². The largest absolute Gasteiger partial charge is 0.349 e. The maximum atomic E-state index is 11.5. The Morgan fingerprint density at radius 3 is 2.47 bits per heavy atom. The van der Waals surface area contributed by atoms with Crippen LogP contribution in [0.4, 0.5) is 0 Å². The molecule has 0 bridgehead atoms. The molecule has 1 aliphatic heterocycles. The number of nitrogens with zero attached hydrogens (tertiary/aromatic N) is 2. The number of carbonyl (C=O) groups is 3. The molecule has 3 amide bonds. The van der Waals surface area contributed by atoms with Crippen molar-refractivity contribution in [3.8, 4) is 0 Å². The van der Waals surface area contributed by atoms with E-state index in [0.29, 0.717) is 0 Å². The summed E-state index contributed by atoms with van der Waals surface area (Å²) in [6.07, 6.45) is 0.478. The van der Waals surface area contributed by atoms with Crippen LogP contribution in [0.25, 0.3) is 0 Å². The van der Waals surface area contributed by atoms with Gasteiger partial charge in [-0.25, -0.2) is 0 Å². The monoisotopic (exact) mass is 212 g/mol. The van der Waals surface area contributed by atoms with Gasteiger partial charge in [-0.05, 0) is 0 Å². The fourth-order valence-electron chi connectivity index (χ4n) is 1.51. The van der Waals surface area contributed by atoms with Crippen LogP contribution >= 0.6 is 0 Å². The quantitative estimate of drug-likeness (QED) is 0.612. The minimum Gasteiger partial charge on any atom is -0.349 e. The summed E-state index contributed by atoms with van der Waals surface area (Å²) in [5.74, 6) is -0.632. The lowest BCUT2D eigenvalue weighted by atomic mass is 10.1. The van der Waals surface area contributed by atoms with Crippen LogP contribution in [0.5, 0.6) is 0 Å². The van der Waals surface area contributed by atoms with Gasteiger partial charge < -0.3 is 4.90 Å². The van der Waals surface area contributed by atoms with E-state index in [9.17, 15) is 14.4 Å². The van der Waals surface area contributed by atoms with Crippen LogP contribution in [0.3, 0.4) is 0 Å². The molecule has 1 fully saturated rings. The van der Waals surface area contributed by atoms with Gasteiger partial charge in [0, 0.05) is 39.4 Å². The van der Waals surface area contributed by atoms with Crippen LogP contribution in [0.1, 0.15) is 19.8 Å². The van der Waals surface area contributed by atoms with E-state index in [0.717, 1.165) is 0 Å². The van der Waals surface area contributed by atoms with Gasteiger partial charge in [0.1, 0.15) is 0 Å². The summed E-state index contributed by atoms with van der Waals surface area (Å²) in [5.41, 5.74) is 0. The van der Waals surface area contributed by atoms with Gasteiger partial charge in [0.2, 0.25) is 17.7 Å². The van der Waals surface area contributed by atoms with Gasteiger partial charge in [-0.1, -0.05) is 6.92 Å². The van der Waals surface area contributed by atoms with E-state index in [1.54, 1.807) is 21.0 Å². The van der Waals surface area contributed by atoms with Crippen molar-refractivity contribution in [1.29, 1.82) is 0 Å². The zero-order valence-corrected chi connectivity index (χ0v) is 9.32. The molecule has 0 saturated carbocycles. The van der Waals surface area contributed by atoms with Crippen molar-refractivity contribution in [2.24, 2.45) is 5.92 Å². The summed E-state index contributed by atoms with van der Waals surface area (Å²) in [5, 5.41) is 0. The lowest BCUT2D eigenvalue weighted by Gasteiger charge is -2.15. The Labute approximate surface area is 89.0 Å². The molecule has 0 spiro atoms. The highest BCUT2D eigenvalue weighted by molar-refractivity contribution is 6.03. The number of imide groups is 1. The molecule has 5 heteroatoms. The number of likely N-dealkylation sites (tertiary alicyclic amines) is 1. The second-order valence-corrected chi connectivity index (χ2v) is 4.03. The molecule has 1 heterocycles. The fraction of sp³-hybridized carbons (Fsp3) is 0.700. The van der Waals surface area contributed by atoms with Crippen molar-refractivity contribution >= 4 is 17.7 Å². The lowest BCUT2D eigenvalue weighted by molar-refractivity contribution is -0.140. The van der Waals surface area contributed by atoms with Crippen molar-refractivity contribution < 1.29 is 14.4 Å². The Morgan fingerprint density at radius 1 is 1.47 bits per heavy atom. The van der Waals surface area contributed by atoms with Gasteiger partial charge in [-0.15, -0.1) is 0 Å². The summed E-state index contributed by atoms with van der Waals surface area (Å²) in [6.45, 7) is 1.94. The van der Waals surface area contributed by atoms with Crippen molar-refractivity contribution in [2.45, 2.75) is 19.8 Å². The zero-order chi connectivity index (χ0) is 11.6.